The topological polar surface area (TPSA) is 40.6 Å². The minimum absolute atomic E-state index is 0.103. The van der Waals surface area contributed by atoms with Crippen LogP contribution in [0.15, 0.2) is 18.2 Å². The van der Waals surface area contributed by atoms with E-state index in [2.05, 4.69) is 0 Å². The Morgan fingerprint density at radius 2 is 1.80 bits per heavy atom. The number of carbonyl (C=O) groups is 2. The Morgan fingerprint density at radius 3 is 2.20 bits per heavy atom. The standard InChI is InChI=1S/C15H21ClN2O2/c1-4-12-7-6-8-13(5-2)15(12)18(14(20)9-16)10-17(3)11-19/h6-8,11H,4-5,9-10H2,1-3H3. The molecule has 0 heterocycles. The van der Waals surface area contributed by atoms with Crippen LogP contribution in [0, 0.1) is 0 Å². The molecule has 110 valence electrons. The van der Waals surface area contributed by atoms with Crippen molar-refractivity contribution >= 4 is 29.6 Å². The van der Waals surface area contributed by atoms with Gasteiger partial charge in [0.1, 0.15) is 5.88 Å². The number of rotatable bonds is 7. The Kier molecular flexibility index (Phi) is 6.52. The number of aryl methyl sites for hydroxylation is 2. The number of benzene rings is 1. The maximum atomic E-state index is 12.2. The Morgan fingerprint density at radius 1 is 1.25 bits per heavy atom. The fourth-order valence-electron chi connectivity index (χ4n) is 2.16. The fourth-order valence-corrected chi connectivity index (χ4v) is 2.31. The molecule has 0 spiro atoms. The maximum Gasteiger partial charge on any atom is 0.243 e. The molecule has 0 unspecified atom stereocenters. The van der Waals surface area contributed by atoms with Gasteiger partial charge >= 0.3 is 0 Å². The van der Waals surface area contributed by atoms with Crippen molar-refractivity contribution in [2.45, 2.75) is 26.7 Å². The number of halogens is 1. The van der Waals surface area contributed by atoms with Crippen LogP contribution in [0.4, 0.5) is 5.69 Å². The van der Waals surface area contributed by atoms with Crippen molar-refractivity contribution in [3.8, 4) is 0 Å². The average Bonchev–Trinajstić information content (AvgIpc) is 2.50. The van der Waals surface area contributed by atoms with Crippen molar-refractivity contribution < 1.29 is 9.59 Å². The highest BCUT2D eigenvalue weighted by Gasteiger charge is 2.21. The van der Waals surface area contributed by atoms with Gasteiger partial charge in [0, 0.05) is 7.05 Å². The average molecular weight is 297 g/mol. The van der Waals surface area contributed by atoms with E-state index in [1.54, 1.807) is 11.9 Å². The predicted molar refractivity (Wildman–Crippen MR) is 82.1 cm³/mol. The third-order valence-corrected chi connectivity index (χ3v) is 3.42. The molecule has 2 amide bonds. The van der Waals surface area contributed by atoms with E-state index >= 15 is 0 Å². The summed E-state index contributed by atoms with van der Waals surface area (Å²) >= 11 is 5.72. The second-order valence-corrected chi connectivity index (χ2v) is 4.86. The smallest absolute Gasteiger partial charge is 0.243 e. The molecule has 0 N–H and O–H groups in total. The van der Waals surface area contributed by atoms with Crippen LogP contribution in [0.25, 0.3) is 0 Å². The van der Waals surface area contributed by atoms with Gasteiger partial charge in [-0.2, -0.15) is 0 Å². The highest BCUT2D eigenvalue weighted by atomic mass is 35.5. The molecule has 0 aromatic heterocycles. The summed E-state index contributed by atoms with van der Waals surface area (Å²) in [5, 5.41) is 0. The highest BCUT2D eigenvalue weighted by Crippen LogP contribution is 2.27. The summed E-state index contributed by atoms with van der Waals surface area (Å²) in [4.78, 5) is 26.0. The van der Waals surface area contributed by atoms with E-state index in [4.69, 9.17) is 11.6 Å². The molecular weight excluding hydrogens is 276 g/mol. The molecule has 0 saturated carbocycles. The van der Waals surface area contributed by atoms with Crippen LogP contribution >= 0.6 is 11.6 Å². The van der Waals surface area contributed by atoms with Gasteiger partial charge in [0.25, 0.3) is 0 Å². The van der Waals surface area contributed by atoms with Gasteiger partial charge in [-0.3, -0.25) is 14.5 Å². The zero-order chi connectivity index (χ0) is 15.1. The Hall–Kier alpha value is -1.55. The van der Waals surface area contributed by atoms with Crippen LogP contribution in [-0.2, 0) is 22.4 Å². The SMILES string of the molecule is CCc1cccc(CC)c1N(CN(C)C=O)C(=O)CCl. The third kappa shape index (κ3) is 3.73. The first-order chi connectivity index (χ1) is 9.58. The lowest BCUT2D eigenvalue weighted by Crippen LogP contribution is -2.41. The van der Waals surface area contributed by atoms with E-state index in [-0.39, 0.29) is 18.5 Å². The molecule has 0 bridgehead atoms. The molecule has 0 fully saturated rings. The monoisotopic (exact) mass is 296 g/mol. The van der Waals surface area contributed by atoms with Crippen molar-refractivity contribution in [3.63, 3.8) is 0 Å². The lowest BCUT2D eigenvalue weighted by molar-refractivity contribution is -0.119. The van der Waals surface area contributed by atoms with E-state index in [0.717, 1.165) is 29.7 Å². The summed E-state index contributed by atoms with van der Waals surface area (Å²) in [6.07, 6.45) is 2.34. The van der Waals surface area contributed by atoms with Crippen molar-refractivity contribution in [1.29, 1.82) is 0 Å². The first-order valence-electron chi connectivity index (χ1n) is 6.71. The number of nitrogens with zero attached hydrogens (tertiary/aromatic N) is 2. The second kappa shape index (κ2) is 7.90. The second-order valence-electron chi connectivity index (χ2n) is 4.59. The molecule has 4 nitrogen and oxygen atoms in total. The summed E-state index contributed by atoms with van der Waals surface area (Å²) < 4.78 is 0. The lowest BCUT2D eigenvalue weighted by atomic mass is 10.0. The molecule has 0 aliphatic heterocycles. The first-order valence-corrected chi connectivity index (χ1v) is 7.25. The summed E-state index contributed by atoms with van der Waals surface area (Å²) in [6, 6.07) is 6.00. The third-order valence-electron chi connectivity index (χ3n) is 3.19. The van der Waals surface area contributed by atoms with E-state index in [1.807, 2.05) is 32.0 Å². The van der Waals surface area contributed by atoms with Crippen molar-refractivity contribution in [2.75, 3.05) is 24.5 Å². The van der Waals surface area contributed by atoms with Gasteiger partial charge in [-0.05, 0) is 24.0 Å². The molecular formula is C15H21ClN2O2. The summed E-state index contributed by atoms with van der Waals surface area (Å²) in [5.41, 5.74) is 3.06. The van der Waals surface area contributed by atoms with Crippen molar-refractivity contribution in [1.82, 2.24) is 4.90 Å². The van der Waals surface area contributed by atoms with Crippen LogP contribution in [-0.4, -0.2) is 36.8 Å². The minimum atomic E-state index is -0.198. The van der Waals surface area contributed by atoms with Crippen LogP contribution in [0.2, 0.25) is 0 Å². The van der Waals surface area contributed by atoms with Gasteiger partial charge in [0.15, 0.2) is 0 Å². The minimum Gasteiger partial charge on any atom is -0.330 e. The van der Waals surface area contributed by atoms with Gasteiger partial charge < -0.3 is 4.90 Å². The van der Waals surface area contributed by atoms with Crippen molar-refractivity contribution in [3.05, 3.63) is 29.3 Å². The summed E-state index contributed by atoms with van der Waals surface area (Å²) in [7, 11) is 1.64. The maximum absolute atomic E-state index is 12.2. The first kappa shape index (κ1) is 16.5. The van der Waals surface area contributed by atoms with E-state index in [9.17, 15) is 9.59 Å². The van der Waals surface area contributed by atoms with Crippen LogP contribution in [0.3, 0.4) is 0 Å². The predicted octanol–water partition coefficient (Wildman–Crippen LogP) is 2.43. The number of para-hydroxylation sites is 1. The van der Waals surface area contributed by atoms with Crippen LogP contribution in [0.1, 0.15) is 25.0 Å². The normalized spacial score (nSPS) is 10.2. The van der Waals surface area contributed by atoms with Gasteiger partial charge in [0.2, 0.25) is 12.3 Å². The van der Waals surface area contributed by atoms with E-state index in [1.165, 1.54) is 4.90 Å². The molecule has 1 aromatic rings. The van der Waals surface area contributed by atoms with Gasteiger partial charge in [-0.1, -0.05) is 32.0 Å². The molecule has 0 aliphatic rings. The number of hydrogen-bond acceptors (Lipinski definition) is 2. The number of alkyl halides is 1. The Bertz CT molecular complexity index is 455. The van der Waals surface area contributed by atoms with Gasteiger partial charge in [-0.15, -0.1) is 11.6 Å². The Labute approximate surface area is 125 Å². The molecule has 20 heavy (non-hydrogen) atoms. The number of carbonyl (C=O) groups excluding carboxylic acids is 2. The van der Waals surface area contributed by atoms with Crippen LogP contribution in [0.5, 0.6) is 0 Å². The van der Waals surface area contributed by atoms with Crippen LogP contribution < -0.4 is 4.90 Å². The molecule has 0 atom stereocenters. The molecule has 1 aromatic carbocycles. The van der Waals surface area contributed by atoms with Gasteiger partial charge in [0.05, 0.1) is 12.4 Å². The lowest BCUT2D eigenvalue weighted by Gasteiger charge is -2.29. The number of hydrogen-bond donors (Lipinski definition) is 0. The molecule has 0 saturated heterocycles. The Balaban J connectivity index is 3.31. The van der Waals surface area contributed by atoms with E-state index < -0.39 is 0 Å². The molecule has 5 heteroatoms. The molecule has 0 radical (unpaired) electrons. The number of amides is 2. The molecule has 1 rings (SSSR count). The molecule has 0 aliphatic carbocycles. The largest absolute Gasteiger partial charge is 0.330 e. The summed E-state index contributed by atoms with van der Waals surface area (Å²) in [6.45, 7) is 4.30. The highest BCUT2D eigenvalue weighted by molar-refractivity contribution is 6.29. The quantitative estimate of drug-likeness (QED) is 0.440. The fraction of sp³-hybridized carbons (Fsp3) is 0.467. The zero-order valence-electron chi connectivity index (χ0n) is 12.2. The zero-order valence-corrected chi connectivity index (χ0v) is 13.0. The summed E-state index contributed by atoms with van der Waals surface area (Å²) in [5.74, 6) is -0.301. The van der Waals surface area contributed by atoms with Gasteiger partial charge in [-0.25, -0.2) is 0 Å². The number of anilines is 1. The van der Waals surface area contributed by atoms with E-state index in [0.29, 0.717) is 6.41 Å². The van der Waals surface area contributed by atoms with Crippen molar-refractivity contribution in [2.24, 2.45) is 0 Å².